The normalized spacial score (nSPS) is 15.7. The number of unbranched alkanes of at least 4 members (excludes halogenated alkanes) is 18. The second kappa shape index (κ2) is 31.0. The minimum Gasteiger partial charge on any atom is -0.396 e. The molecule has 1 heterocycles. The molecule has 1 saturated heterocycles. The van der Waals surface area contributed by atoms with Gasteiger partial charge in [0.1, 0.15) is 0 Å². The van der Waals surface area contributed by atoms with Crippen molar-refractivity contribution in [1.29, 1.82) is 0 Å². The van der Waals surface area contributed by atoms with E-state index in [1.165, 1.54) is 141 Å². The van der Waals surface area contributed by atoms with Crippen LogP contribution in [0.2, 0.25) is 0 Å². The molecule has 1 unspecified atom stereocenters. The number of nitrogens with zero attached hydrogens (tertiary/aromatic N) is 1. The Hall–Kier alpha value is -0.0800. The zero-order valence-electron chi connectivity index (χ0n) is 25.0. The van der Waals surface area contributed by atoms with Crippen LogP contribution in [0.1, 0.15) is 176 Å². The molecule has 1 N–H and O–H groups in total. The highest BCUT2D eigenvalue weighted by molar-refractivity contribution is 4.70. The van der Waals surface area contributed by atoms with Gasteiger partial charge < -0.3 is 10.0 Å². The van der Waals surface area contributed by atoms with Gasteiger partial charge in [-0.2, -0.15) is 0 Å². The topological polar surface area (TPSA) is 23.5 Å². The molecule has 1 rings (SSSR count). The van der Waals surface area contributed by atoms with Gasteiger partial charge in [-0.05, 0) is 45.7 Å². The van der Waals surface area contributed by atoms with Crippen molar-refractivity contribution in [3.63, 3.8) is 0 Å². The lowest BCUT2D eigenvalue weighted by atomic mass is 10.0. The largest absolute Gasteiger partial charge is 0.396 e. The van der Waals surface area contributed by atoms with Crippen molar-refractivity contribution >= 4 is 0 Å². The highest BCUT2D eigenvalue weighted by Gasteiger charge is 2.14. The molecular formula is C32H69NO. The smallest absolute Gasteiger partial charge is 0.0431 e. The molecule has 0 aromatic carbocycles. The van der Waals surface area contributed by atoms with Crippen LogP contribution in [0, 0.1) is 5.92 Å². The summed E-state index contributed by atoms with van der Waals surface area (Å²) in [5.41, 5.74) is 0. The Morgan fingerprint density at radius 1 is 0.618 bits per heavy atom. The summed E-state index contributed by atoms with van der Waals surface area (Å²) in [6.07, 6.45) is 31.0. The van der Waals surface area contributed by atoms with Crippen molar-refractivity contribution in [3.8, 4) is 0 Å². The number of aliphatic hydroxyl groups is 1. The maximum atomic E-state index is 8.72. The summed E-state index contributed by atoms with van der Waals surface area (Å²) >= 11 is 0. The van der Waals surface area contributed by atoms with E-state index >= 15 is 0 Å². The van der Waals surface area contributed by atoms with Crippen LogP contribution < -0.4 is 0 Å². The fourth-order valence-corrected chi connectivity index (χ4v) is 4.75. The maximum absolute atomic E-state index is 8.72. The Kier molecular flexibility index (Phi) is 32.8. The van der Waals surface area contributed by atoms with Crippen molar-refractivity contribution in [1.82, 2.24) is 4.90 Å². The van der Waals surface area contributed by atoms with Crippen LogP contribution in [0.5, 0.6) is 0 Å². The lowest BCUT2D eigenvalue weighted by Gasteiger charge is -2.12. The van der Waals surface area contributed by atoms with Gasteiger partial charge in [0.05, 0.1) is 0 Å². The van der Waals surface area contributed by atoms with E-state index in [1.54, 1.807) is 0 Å². The van der Waals surface area contributed by atoms with Gasteiger partial charge in [-0.25, -0.2) is 0 Å². The second-order valence-corrected chi connectivity index (χ2v) is 11.1. The molecule has 1 atom stereocenters. The molecule has 0 aliphatic carbocycles. The third-order valence-electron chi connectivity index (χ3n) is 7.32. The zero-order chi connectivity index (χ0) is 25.7. The number of rotatable bonds is 21. The van der Waals surface area contributed by atoms with Gasteiger partial charge >= 0.3 is 0 Å². The fraction of sp³-hybridized carbons (Fsp3) is 1.00. The van der Waals surface area contributed by atoms with E-state index < -0.39 is 0 Å². The predicted octanol–water partition coefficient (Wildman–Crippen LogP) is 10.6. The Morgan fingerprint density at radius 2 is 0.941 bits per heavy atom. The number of hydrogen-bond acceptors (Lipinski definition) is 2. The lowest BCUT2D eigenvalue weighted by Crippen LogP contribution is -2.20. The highest BCUT2D eigenvalue weighted by Crippen LogP contribution is 2.15. The summed E-state index contributed by atoms with van der Waals surface area (Å²) in [7, 11) is 2.19. The second-order valence-electron chi connectivity index (χ2n) is 11.1. The first kappa shape index (κ1) is 36.1. The molecule has 0 radical (unpaired) electrons. The quantitative estimate of drug-likeness (QED) is 0.164. The molecule has 0 bridgehead atoms. The van der Waals surface area contributed by atoms with Gasteiger partial charge in [0.15, 0.2) is 0 Å². The van der Waals surface area contributed by atoms with E-state index in [-0.39, 0.29) is 0 Å². The van der Waals surface area contributed by atoms with Crippen molar-refractivity contribution in [3.05, 3.63) is 0 Å². The highest BCUT2D eigenvalue weighted by atomic mass is 16.2. The Bertz CT molecular complexity index is 336. The molecular weight excluding hydrogens is 414 g/mol. The van der Waals surface area contributed by atoms with Crippen LogP contribution in [0.3, 0.4) is 0 Å². The van der Waals surface area contributed by atoms with Crippen LogP contribution in [0.25, 0.3) is 0 Å². The number of hydrogen-bond donors (Lipinski definition) is 1. The first-order valence-electron chi connectivity index (χ1n) is 15.9. The molecule has 2 heteroatoms. The Morgan fingerprint density at radius 3 is 1.15 bits per heavy atom. The van der Waals surface area contributed by atoms with Crippen molar-refractivity contribution in [2.24, 2.45) is 5.92 Å². The van der Waals surface area contributed by atoms with Gasteiger partial charge in [0.25, 0.3) is 0 Å². The molecule has 0 aromatic rings. The van der Waals surface area contributed by atoms with E-state index in [4.69, 9.17) is 5.11 Å². The lowest BCUT2D eigenvalue weighted by molar-refractivity contribution is 0.282. The minimum absolute atomic E-state index is 0.373. The van der Waals surface area contributed by atoms with E-state index in [1.807, 2.05) is 13.8 Å². The molecule has 1 aliphatic rings. The predicted molar refractivity (Wildman–Crippen MR) is 157 cm³/mol. The van der Waals surface area contributed by atoms with Gasteiger partial charge in [0, 0.05) is 12.6 Å². The molecule has 0 spiro atoms. The van der Waals surface area contributed by atoms with Crippen LogP contribution in [0.4, 0.5) is 0 Å². The monoisotopic (exact) mass is 484 g/mol. The molecule has 34 heavy (non-hydrogen) atoms. The van der Waals surface area contributed by atoms with Gasteiger partial charge in [0.2, 0.25) is 0 Å². The summed E-state index contributed by atoms with van der Waals surface area (Å²) in [4.78, 5) is 2.40. The molecule has 0 amide bonds. The SMILES string of the molecule is CC.CC(C)CCCCCCCCCCCCCCCCCCCCCO.CC1CCCN1C. The minimum atomic E-state index is 0.373. The Labute approximate surface area is 218 Å². The van der Waals surface area contributed by atoms with Gasteiger partial charge in [-0.3, -0.25) is 0 Å². The molecule has 0 aromatic heterocycles. The summed E-state index contributed by atoms with van der Waals surface area (Å²) in [5, 5.41) is 8.72. The third-order valence-corrected chi connectivity index (χ3v) is 7.32. The standard InChI is InChI=1S/C24H50O.C6H13N.C2H6/c1-24(2)22-20-18-16-14-12-10-8-6-4-3-5-7-9-11-13-15-17-19-21-23-25;1-6-4-3-5-7(6)2;1-2/h24-25H,3-23H2,1-2H3;6H,3-5H2,1-2H3;1-2H3. The van der Waals surface area contributed by atoms with E-state index in [0.717, 1.165) is 18.4 Å². The van der Waals surface area contributed by atoms with E-state index in [2.05, 4.69) is 32.7 Å². The molecule has 0 saturated carbocycles. The van der Waals surface area contributed by atoms with E-state index in [9.17, 15) is 0 Å². The van der Waals surface area contributed by atoms with Gasteiger partial charge in [-0.15, -0.1) is 0 Å². The third kappa shape index (κ3) is 30.0. The van der Waals surface area contributed by atoms with Crippen LogP contribution in [0.15, 0.2) is 0 Å². The van der Waals surface area contributed by atoms with E-state index in [0.29, 0.717) is 6.61 Å². The first-order chi connectivity index (χ1) is 16.6. The molecule has 1 aliphatic heterocycles. The zero-order valence-corrected chi connectivity index (χ0v) is 25.0. The van der Waals surface area contributed by atoms with Crippen LogP contribution in [-0.4, -0.2) is 36.2 Å². The molecule has 2 nitrogen and oxygen atoms in total. The number of aliphatic hydroxyl groups excluding tert-OH is 1. The van der Waals surface area contributed by atoms with Crippen molar-refractivity contribution in [2.75, 3.05) is 20.2 Å². The van der Waals surface area contributed by atoms with Crippen molar-refractivity contribution < 1.29 is 5.11 Å². The first-order valence-corrected chi connectivity index (χ1v) is 15.9. The Balaban J connectivity index is 0. The summed E-state index contributed by atoms with van der Waals surface area (Å²) in [5.74, 6) is 0.891. The van der Waals surface area contributed by atoms with Crippen LogP contribution in [-0.2, 0) is 0 Å². The van der Waals surface area contributed by atoms with Crippen LogP contribution >= 0.6 is 0 Å². The number of likely N-dealkylation sites (tertiary alicyclic amines) is 1. The molecule has 208 valence electrons. The summed E-state index contributed by atoms with van der Waals surface area (Å²) in [6.45, 7) is 12.6. The average molecular weight is 484 g/mol. The fourth-order valence-electron chi connectivity index (χ4n) is 4.75. The van der Waals surface area contributed by atoms with Gasteiger partial charge in [-0.1, -0.05) is 150 Å². The average Bonchev–Trinajstić information content (AvgIpc) is 3.21. The van der Waals surface area contributed by atoms with Crippen molar-refractivity contribution in [2.45, 2.75) is 182 Å². The summed E-state index contributed by atoms with van der Waals surface area (Å²) < 4.78 is 0. The molecule has 1 fully saturated rings. The maximum Gasteiger partial charge on any atom is 0.0431 e. The summed E-state index contributed by atoms with van der Waals surface area (Å²) in [6, 6.07) is 0.847.